The molecule has 1 saturated carbocycles. The van der Waals surface area contributed by atoms with Gasteiger partial charge in [0.2, 0.25) is 0 Å². The first-order valence-corrected chi connectivity index (χ1v) is 7.27. The van der Waals surface area contributed by atoms with E-state index in [1.54, 1.807) is 11.8 Å². The SMILES string of the molecule is Cn1c(SCc2cccc(C#N)c2)nnc1C1CC1. The third-order valence-electron chi connectivity index (χ3n) is 3.24. The molecule has 1 aromatic carbocycles. The van der Waals surface area contributed by atoms with E-state index in [9.17, 15) is 0 Å². The normalized spacial score (nSPS) is 14.3. The van der Waals surface area contributed by atoms with Gasteiger partial charge in [0, 0.05) is 18.7 Å². The van der Waals surface area contributed by atoms with Crippen molar-refractivity contribution in [2.45, 2.75) is 29.7 Å². The van der Waals surface area contributed by atoms with Gasteiger partial charge in [0.25, 0.3) is 0 Å². The third-order valence-corrected chi connectivity index (χ3v) is 4.33. The quantitative estimate of drug-likeness (QED) is 0.802. The molecule has 0 N–H and O–H groups in total. The monoisotopic (exact) mass is 270 g/mol. The summed E-state index contributed by atoms with van der Waals surface area (Å²) in [5, 5.41) is 18.3. The number of nitrogens with zero attached hydrogens (tertiary/aromatic N) is 4. The van der Waals surface area contributed by atoms with Gasteiger partial charge in [-0.1, -0.05) is 23.9 Å². The Hall–Kier alpha value is -1.80. The Kier molecular flexibility index (Phi) is 3.26. The molecule has 5 heteroatoms. The van der Waals surface area contributed by atoms with Crippen LogP contribution in [0.25, 0.3) is 0 Å². The summed E-state index contributed by atoms with van der Waals surface area (Å²) in [7, 11) is 2.03. The van der Waals surface area contributed by atoms with Gasteiger partial charge in [-0.25, -0.2) is 0 Å². The van der Waals surface area contributed by atoms with Crippen molar-refractivity contribution in [3.05, 3.63) is 41.2 Å². The van der Waals surface area contributed by atoms with Crippen LogP contribution in [0, 0.1) is 11.3 Å². The minimum atomic E-state index is 0.619. The third kappa shape index (κ3) is 2.64. The van der Waals surface area contributed by atoms with Crippen molar-refractivity contribution in [1.82, 2.24) is 14.8 Å². The molecule has 1 fully saturated rings. The molecule has 19 heavy (non-hydrogen) atoms. The van der Waals surface area contributed by atoms with E-state index in [2.05, 4.69) is 20.8 Å². The topological polar surface area (TPSA) is 54.5 Å². The smallest absolute Gasteiger partial charge is 0.191 e. The molecule has 1 aliphatic carbocycles. The molecule has 0 unspecified atom stereocenters. The average Bonchev–Trinajstić information content (AvgIpc) is 3.21. The summed E-state index contributed by atoms with van der Waals surface area (Å²) < 4.78 is 2.09. The maximum Gasteiger partial charge on any atom is 0.191 e. The zero-order valence-corrected chi connectivity index (χ0v) is 11.5. The zero-order valence-electron chi connectivity index (χ0n) is 10.7. The van der Waals surface area contributed by atoms with Crippen molar-refractivity contribution in [3.63, 3.8) is 0 Å². The number of rotatable bonds is 4. The maximum absolute atomic E-state index is 8.88. The van der Waals surface area contributed by atoms with Crippen LogP contribution in [-0.4, -0.2) is 14.8 Å². The molecule has 0 bridgehead atoms. The van der Waals surface area contributed by atoms with E-state index < -0.39 is 0 Å². The molecule has 1 heterocycles. The molecule has 0 spiro atoms. The van der Waals surface area contributed by atoms with E-state index in [0.29, 0.717) is 11.5 Å². The summed E-state index contributed by atoms with van der Waals surface area (Å²) >= 11 is 1.67. The summed E-state index contributed by atoms with van der Waals surface area (Å²) in [5.74, 6) is 2.54. The highest BCUT2D eigenvalue weighted by Crippen LogP contribution is 2.39. The first kappa shape index (κ1) is 12.2. The van der Waals surface area contributed by atoms with Crippen molar-refractivity contribution in [1.29, 1.82) is 5.26 Å². The molecular formula is C14H14N4S. The van der Waals surface area contributed by atoms with Crippen LogP contribution in [0.2, 0.25) is 0 Å². The number of hydrogen-bond acceptors (Lipinski definition) is 4. The summed E-state index contributed by atoms with van der Waals surface area (Å²) in [4.78, 5) is 0. The van der Waals surface area contributed by atoms with Crippen LogP contribution in [0.3, 0.4) is 0 Å². The highest BCUT2D eigenvalue weighted by molar-refractivity contribution is 7.98. The van der Waals surface area contributed by atoms with Gasteiger partial charge >= 0.3 is 0 Å². The second-order valence-corrected chi connectivity index (χ2v) is 5.72. The molecule has 1 aromatic heterocycles. The van der Waals surface area contributed by atoms with E-state index in [4.69, 9.17) is 5.26 Å². The molecule has 4 nitrogen and oxygen atoms in total. The predicted molar refractivity (Wildman–Crippen MR) is 73.7 cm³/mol. The van der Waals surface area contributed by atoms with Crippen LogP contribution in [0.15, 0.2) is 29.4 Å². The van der Waals surface area contributed by atoms with Gasteiger partial charge in [-0.2, -0.15) is 5.26 Å². The minimum absolute atomic E-state index is 0.619. The Labute approximate surface area is 116 Å². The summed E-state index contributed by atoms with van der Waals surface area (Å²) in [6.45, 7) is 0. The van der Waals surface area contributed by atoms with Crippen LogP contribution in [-0.2, 0) is 12.8 Å². The van der Waals surface area contributed by atoms with Crippen molar-refractivity contribution in [2.24, 2.45) is 7.05 Å². The van der Waals surface area contributed by atoms with Gasteiger partial charge in [-0.3, -0.25) is 0 Å². The van der Waals surface area contributed by atoms with Gasteiger partial charge in [-0.05, 0) is 30.5 Å². The van der Waals surface area contributed by atoms with E-state index in [-0.39, 0.29) is 0 Å². The number of nitriles is 1. The summed E-state index contributed by atoms with van der Waals surface area (Å²) in [5.41, 5.74) is 1.84. The van der Waals surface area contributed by atoms with Crippen LogP contribution < -0.4 is 0 Å². The number of benzene rings is 1. The Balaban J connectivity index is 1.70. The number of aromatic nitrogens is 3. The minimum Gasteiger partial charge on any atom is -0.309 e. The van der Waals surface area contributed by atoms with Gasteiger partial charge in [0.15, 0.2) is 5.16 Å². The maximum atomic E-state index is 8.88. The molecular weight excluding hydrogens is 256 g/mol. The van der Waals surface area contributed by atoms with E-state index >= 15 is 0 Å². The molecule has 3 rings (SSSR count). The average molecular weight is 270 g/mol. The van der Waals surface area contributed by atoms with Crippen molar-refractivity contribution < 1.29 is 0 Å². The van der Waals surface area contributed by atoms with Crippen LogP contribution in [0.1, 0.15) is 35.7 Å². The molecule has 96 valence electrons. The molecule has 2 aromatic rings. The standard InChI is InChI=1S/C14H14N4S/c1-18-13(12-5-6-12)16-17-14(18)19-9-11-4-2-3-10(7-11)8-15/h2-4,7,12H,5-6,9H2,1H3. The molecule has 0 amide bonds. The summed E-state index contributed by atoms with van der Waals surface area (Å²) in [6.07, 6.45) is 2.47. The van der Waals surface area contributed by atoms with Crippen LogP contribution in [0.5, 0.6) is 0 Å². The van der Waals surface area contributed by atoms with Crippen molar-refractivity contribution >= 4 is 11.8 Å². The molecule has 1 aliphatic rings. The van der Waals surface area contributed by atoms with Crippen molar-refractivity contribution in [2.75, 3.05) is 0 Å². The number of thioether (sulfide) groups is 1. The second kappa shape index (κ2) is 5.06. The molecule has 0 radical (unpaired) electrons. The van der Waals surface area contributed by atoms with Gasteiger partial charge in [-0.15, -0.1) is 10.2 Å². The van der Waals surface area contributed by atoms with Crippen LogP contribution in [0.4, 0.5) is 0 Å². The summed E-state index contributed by atoms with van der Waals surface area (Å²) in [6, 6.07) is 9.86. The lowest BCUT2D eigenvalue weighted by Gasteiger charge is -2.03. The zero-order chi connectivity index (χ0) is 13.2. The fourth-order valence-electron chi connectivity index (χ4n) is 2.03. The fourth-order valence-corrected chi connectivity index (χ4v) is 2.89. The highest BCUT2D eigenvalue weighted by atomic mass is 32.2. The lowest BCUT2D eigenvalue weighted by atomic mass is 10.2. The first-order valence-electron chi connectivity index (χ1n) is 6.29. The molecule has 0 atom stereocenters. The van der Waals surface area contributed by atoms with E-state index in [1.165, 1.54) is 12.8 Å². The Morgan fingerprint density at radius 2 is 2.26 bits per heavy atom. The van der Waals surface area contributed by atoms with Gasteiger partial charge in [0.05, 0.1) is 11.6 Å². The Morgan fingerprint density at radius 3 is 3.00 bits per heavy atom. The molecule has 0 saturated heterocycles. The first-order chi connectivity index (χ1) is 9.28. The lowest BCUT2D eigenvalue weighted by Crippen LogP contribution is -1.97. The molecule has 0 aliphatic heterocycles. The second-order valence-electron chi connectivity index (χ2n) is 4.77. The predicted octanol–water partition coefficient (Wildman–Crippen LogP) is 2.86. The number of hydrogen-bond donors (Lipinski definition) is 0. The largest absolute Gasteiger partial charge is 0.309 e. The van der Waals surface area contributed by atoms with Gasteiger partial charge in [0.1, 0.15) is 5.82 Å². The fraction of sp³-hybridized carbons (Fsp3) is 0.357. The van der Waals surface area contributed by atoms with E-state index in [1.807, 2.05) is 31.3 Å². The highest BCUT2D eigenvalue weighted by Gasteiger charge is 2.29. The van der Waals surface area contributed by atoms with E-state index in [0.717, 1.165) is 22.3 Å². The van der Waals surface area contributed by atoms with Crippen LogP contribution >= 0.6 is 11.8 Å². The lowest BCUT2D eigenvalue weighted by molar-refractivity contribution is 0.736. The Bertz CT molecular complexity index is 637. The Morgan fingerprint density at radius 1 is 1.42 bits per heavy atom. The van der Waals surface area contributed by atoms with Crippen molar-refractivity contribution in [3.8, 4) is 6.07 Å². The van der Waals surface area contributed by atoms with Gasteiger partial charge < -0.3 is 4.57 Å².